The highest BCUT2D eigenvalue weighted by Gasteiger charge is 2.25. The Bertz CT molecular complexity index is 1040. The molecule has 0 amide bonds. The molecule has 0 fully saturated rings. The van der Waals surface area contributed by atoms with Crippen LogP contribution in [0.25, 0.3) is 10.2 Å². The Kier molecular flexibility index (Phi) is 5.37. The lowest BCUT2D eigenvalue weighted by atomic mass is 9.89. The van der Waals surface area contributed by atoms with Crippen LogP contribution in [-0.4, -0.2) is 15.3 Å². The number of fused-ring (bicyclic) bond motifs is 3. The molecule has 0 aromatic carbocycles. The molecule has 1 aliphatic carbocycles. The summed E-state index contributed by atoms with van der Waals surface area (Å²) in [4.78, 5) is 20.4. The molecule has 0 unspecified atom stereocenters. The van der Waals surface area contributed by atoms with Gasteiger partial charge in [-0.25, -0.2) is 4.98 Å². The molecule has 3 aromatic heterocycles. The molecule has 0 saturated heterocycles. The molecular weight excluding hydrogens is 378 g/mol. The highest BCUT2D eigenvalue weighted by atomic mass is 32.2. The summed E-state index contributed by atoms with van der Waals surface area (Å²) < 4.78 is 7.21. The topological polar surface area (TPSA) is 71.8 Å². The summed E-state index contributed by atoms with van der Waals surface area (Å²) >= 11 is 3.23. The van der Waals surface area contributed by atoms with E-state index in [1.807, 2.05) is 12.1 Å². The molecule has 0 bridgehead atoms. The fraction of sp³-hybridized carbons (Fsp3) is 0.450. The number of aryl methyl sites for hydroxylation is 1. The maximum absolute atomic E-state index is 13.4. The third-order valence-corrected chi connectivity index (χ3v) is 7.15. The van der Waals surface area contributed by atoms with Crippen molar-refractivity contribution in [3.8, 4) is 6.07 Å². The van der Waals surface area contributed by atoms with E-state index in [4.69, 9.17) is 14.7 Å². The number of thioether (sulfide) groups is 1. The summed E-state index contributed by atoms with van der Waals surface area (Å²) in [6.45, 7) is 2.66. The van der Waals surface area contributed by atoms with Crippen LogP contribution in [-0.2, 0) is 19.4 Å². The van der Waals surface area contributed by atoms with Crippen molar-refractivity contribution in [2.24, 2.45) is 5.92 Å². The Balaban J connectivity index is 1.79. The fourth-order valence-electron chi connectivity index (χ4n) is 3.53. The van der Waals surface area contributed by atoms with E-state index in [-0.39, 0.29) is 5.56 Å². The summed E-state index contributed by atoms with van der Waals surface area (Å²) in [5.74, 6) is 2.18. The Morgan fingerprint density at radius 1 is 1.52 bits per heavy atom. The molecule has 27 heavy (non-hydrogen) atoms. The molecule has 1 atom stereocenters. The minimum Gasteiger partial charge on any atom is -0.467 e. The maximum atomic E-state index is 13.4. The van der Waals surface area contributed by atoms with Crippen molar-refractivity contribution < 1.29 is 4.42 Å². The molecule has 7 heteroatoms. The standard InChI is InChI=1S/C20H21N3O2S2/c1-13-6-7-15-16(11-13)27-18-17(15)19(24)23(12-14-5-4-9-25-14)20(22-18)26-10-3-2-8-21/h4-5,9,13H,2-3,6-7,10-12H2,1H3/t13-/m1/s1. The van der Waals surface area contributed by atoms with Gasteiger partial charge in [-0.15, -0.1) is 11.3 Å². The molecule has 0 saturated carbocycles. The number of aromatic nitrogens is 2. The van der Waals surface area contributed by atoms with E-state index >= 15 is 0 Å². The largest absolute Gasteiger partial charge is 0.467 e. The molecule has 0 spiro atoms. The molecule has 0 N–H and O–H groups in total. The number of nitrogens with zero attached hydrogens (tertiary/aromatic N) is 3. The second kappa shape index (κ2) is 7.91. The first kappa shape index (κ1) is 18.3. The molecule has 3 heterocycles. The van der Waals surface area contributed by atoms with Gasteiger partial charge in [0.1, 0.15) is 10.6 Å². The fourth-order valence-corrected chi connectivity index (χ4v) is 5.89. The molecule has 5 nitrogen and oxygen atoms in total. The first-order valence-corrected chi connectivity index (χ1v) is 11.0. The molecule has 1 aliphatic rings. The van der Waals surface area contributed by atoms with Gasteiger partial charge in [-0.05, 0) is 49.3 Å². The van der Waals surface area contributed by atoms with Crippen molar-refractivity contribution in [1.29, 1.82) is 5.26 Å². The number of rotatable bonds is 6. The van der Waals surface area contributed by atoms with E-state index in [2.05, 4.69) is 13.0 Å². The van der Waals surface area contributed by atoms with Gasteiger partial charge in [-0.3, -0.25) is 9.36 Å². The van der Waals surface area contributed by atoms with Crippen LogP contribution >= 0.6 is 23.1 Å². The minimum atomic E-state index is 0.0336. The number of furan rings is 1. The van der Waals surface area contributed by atoms with Gasteiger partial charge in [0, 0.05) is 17.1 Å². The third-order valence-electron chi connectivity index (χ3n) is 4.94. The van der Waals surface area contributed by atoms with Crippen LogP contribution in [0.2, 0.25) is 0 Å². The highest BCUT2D eigenvalue weighted by molar-refractivity contribution is 7.99. The van der Waals surface area contributed by atoms with Gasteiger partial charge >= 0.3 is 0 Å². The van der Waals surface area contributed by atoms with Gasteiger partial charge in [0.15, 0.2) is 5.16 Å². The zero-order valence-corrected chi connectivity index (χ0v) is 16.9. The number of unbranched alkanes of at least 4 members (excludes halogenated alkanes) is 1. The highest BCUT2D eigenvalue weighted by Crippen LogP contribution is 2.36. The zero-order valence-electron chi connectivity index (χ0n) is 15.2. The van der Waals surface area contributed by atoms with Gasteiger partial charge in [-0.1, -0.05) is 18.7 Å². The molecular formula is C20H21N3O2S2. The van der Waals surface area contributed by atoms with Crippen molar-refractivity contribution in [1.82, 2.24) is 9.55 Å². The third kappa shape index (κ3) is 3.69. The van der Waals surface area contributed by atoms with Gasteiger partial charge in [0.05, 0.1) is 24.3 Å². The van der Waals surface area contributed by atoms with E-state index in [1.54, 1.807) is 33.9 Å². The zero-order chi connectivity index (χ0) is 18.8. The van der Waals surface area contributed by atoms with Crippen molar-refractivity contribution in [3.63, 3.8) is 0 Å². The van der Waals surface area contributed by atoms with E-state index in [0.717, 1.165) is 47.4 Å². The van der Waals surface area contributed by atoms with Crippen LogP contribution in [0, 0.1) is 17.2 Å². The average Bonchev–Trinajstić information content (AvgIpc) is 3.28. The smallest absolute Gasteiger partial charge is 0.263 e. The van der Waals surface area contributed by atoms with Gasteiger partial charge in [0.25, 0.3) is 5.56 Å². The summed E-state index contributed by atoms with van der Waals surface area (Å²) in [7, 11) is 0. The van der Waals surface area contributed by atoms with Crippen LogP contribution in [0.15, 0.2) is 32.8 Å². The number of hydrogen-bond acceptors (Lipinski definition) is 6. The lowest BCUT2D eigenvalue weighted by Crippen LogP contribution is -2.24. The molecule has 0 aliphatic heterocycles. The quantitative estimate of drug-likeness (QED) is 0.344. The number of nitriles is 1. The molecule has 3 aromatic rings. The Morgan fingerprint density at radius 3 is 3.19 bits per heavy atom. The SMILES string of the molecule is C[C@@H]1CCc2c(sc3nc(SCCCC#N)n(Cc4ccco4)c(=O)c23)C1. The Hall–Kier alpha value is -2.04. The van der Waals surface area contributed by atoms with Crippen molar-refractivity contribution >= 4 is 33.3 Å². The van der Waals surface area contributed by atoms with Crippen LogP contribution in [0.4, 0.5) is 0 Å². The van der Waals surface area contributed by atoms with E-state index in [0.29, 0.717) is 24.0 Å². The predicted octanol–water partition coefficient (Wildman–Crippen LogP) is 4.62. The Labute approximate surface area is 166 Å². The molecule has 0 radical (unpaired) electrons. The average molecular weight is 400 g/mol. The first-order valence-electron chi connectivity index (χ1n) is 9.24. The second-order valence-electron chi connectivity index (χ2n) is 7.01. The van der Waals surface area contributed by atoms with Crippen LogP contribution in [0.1, 0.15) is 42.4 Å². The summed E-state index contributed by atoms with van der Waals surface area (Å²) in [6.07, 6.45) is 6.06. The molecule has 4 rings (SSSR count). The van der Waals surface area contributed by atoms with Crippen LogP contribution < -0.4 is 5.56 Å². The maximum Gasteiger partial charge on any atom is 0.263 e. The first-order chi connectivity index (χ1) is 13.2. The van der Waals surface area contributed by atoms with E-state index in [9.17, 15) is 4.79 Å². The monoisotopic (exact) mass is 399 g/mol. The van der Waals surface area contributed by atoms with Crippen LogP contribution in [0.3, 0.4) is 0 Å². The summed E-state index contributed by atoms with van der Waals surface area (Å²) in [5.41, 5.74) is 1.24. The van der Waals surface area contributed by atoms with E-state index in [1.165, 1.54) is 10.4 Å². The minimum absolute atomic E-state index is 0.0336. The van der Waals surface area contributed by atoms with E-state index < -0.39 is 0 Å². The second-order valence-corrected chi connectivity index (χ2v) is 9.15. The number of hydrogen-bond donors (Lipinski definition) is 0. The van der Waals surface area contributed by atoms with Gasteiger partial charge in [-0.2, -0.15) is 5.26 Å². The lowest BCUT2D eigenvalue weighted by Gasteiger charge is -2.17. The van der Waals surface area contributed by atoms with Gasteiger partial charge in [0.2, 0.25) is 0 Å². The molecule has 140 valence electrons. The Morgan fingerprint density at radius 2 is 2.41 bits per heavy atom. The number of thiophene rings is 1. The van der Waals surface area contributed by atoms with Crippen molar-refractivity contribution in [2.45, 2.75) is 50.7 Å². The summed E-state index contributed by atoms with van der Waals surface area (Å²) in [6, 6.07) is 5.88. The van der Waals surface area contributed by atoms with Crippen LogP contribution in [0.5, 0.6) is 0 Å². The predicted molar refractivity (Wildman–Crippen MR) is 108 cm³/mol. The van der Waals surface area contributed by atoms with Crippen molar-refractivity contribution in [3.05, 3.63) is 45.0 Å². The summed E-state index contributed by atoms with van der Waals surface area (Å²) in [5, 5.41) is 10.3. The normalized spacial score (nSPS) is 16.4. The van der Waals surface area contributed by atoms with Crippen molar-refractivity contribution in [2.75, 3.05) is 5.75 Å². The lowest BCUT2D eigenvalue weighted by molar-refractivity contribution is 0.476. The van der Waals surface area contributed by atoms with Gasteiger partial charge < -0.3 is 4.42 Å².